The smallest absolute Gasteiger partial charge is 0.0116 e. The van der Waals surface area contributed by atoms with E-state index in [0.717, 1.165) is 17.0 Å². The van der Waals surface area contributed by atoms with Gasteiger partial charge in [-0.25, -0.2) is 0 Å². The summed E-state index contributed by atoms with van der Waals surface area (Å²) in [6, 6.07) is 11.3. The van der Waals surface area contributed by atoms with E-state index in [1.54, 1.807) is 38.5 Å². The van der Waals surface area contributed by atoms with Crippen molar-refractivity contribution in [3.63, 3.8) is 0 Å². The van der Waals surface area contributed by atoms with E-state index in [2.05, 4.69) is 47.2 Å². The quantitative estimate of drug-likeness (QED) is 0.351. The molecule has 0 spiro atoms. The van der Waals surface area contributed by atoms with Gasteiger partial charge in [-0.1, -0.05) is 94.6 Å². The average Bonchev–Trinajstić information content (AvgIpc) is 2.77. The normalized spacial score (nSPS) is 24.0. The number of hydrogen-bond donors (Lipinski definition) is 0. The van der Waals surface area contributed by atoms with Gasteiger partial charge in [-0.05, 0) is 72.8 Å². The van der Waals surface area contributed by atoms with E-state index in [4.69, 9.17) is 0 Å². The van der Waals surface area contributed by atoms with Gasteiger partial charge in [-0.2, -0.15) is 0 Å². The molecular weight excluding hydrogens is 363 g/mol. The van der Waals surface area contributed by atoms with Crippen LogP contribution in [0.5, 0.6) is 0 Å². The first-order valence-electron chi connectivity index (χ1n) is 11.8. The highest BCUT2D eigenvalue weighted by Gasteiger charge is 2.42. The third-order valence-corrected chi connectivity index (χ3v) is 15.5. The van der Waals surface area contributed by atoms with Gasteiger partial charge < -0.3 is 0 Å². The maximum atomic E-state index is 2.95. The van der Waals surface area contributed by atoms with E-state index in [1.165, 1.54) is 62.7 Å². The zero-order chi connectivity index (χ0) is 18.4. The molecule has 1 aromatic rings. The molecule has 150 valence electrons. The summed E-state index contributed by atoms with van der Waals surface area (Å²) in [5.74, 6) is 0. The molecule has 3 aliphatic carbocycles. The fraction of sp³-hybridized carbons (Fsp3) is 0.720. The highest BCUT2D eigenvalue weighted by molar-refractivity contribution is 8.19. The topological polar surface area (TPSA) is 0 Å². The lowest BCUT2D eigenvalue weighted by atomic mass is 9.99. The molecule has 0 aromatic heterocycles. The predicted molar refractivity (Wildman–Crippen MR) is 126 cm³/mol. The minimum Gasteiger partial charge on any atom is -0.0979 e. The third-order valence-electron chi connectivity index (χ3n) is 7.74. The fourth-order valence-corrected chi connectivity index (χ4v) is 15.6. The molecule has 3 aliphatic rings. The van der Waals surface area contributed by atoms with Gasteiger partial charge in [0.25, 0.3) is 0 Å². The number of thioether (sulfide) groups is 1. The number of rotatable bonds is 5. The van der Waals surface area contributed by atoms with Crippen LogP contribution in [0.25, 0.3) is 0 Å². The van der Waals surface area contributed by atoms with Crippen LogP contribution < -0.4 is 0 Å². The lowest BCUT2D eigenvalue weighted by Crippen LogP contribution is -2.32. The Hall–Kier alpha value is -0.130. The highest BCUT2D eigenvalue weighted by atomic mass is 32.2. The molecule has 0 unspecified atom stereocenters. The Kier molecular flexibility index (Phi) is 7.51. The zero-order valence-electron chi connectivity index (χ0n) is 17.2. The van der Waals surface area contributed by atoms with Gasteiger partial charge in [0.2, 0.25) is 0 Å². The number of benzene rings is 1. The maximum Gasteiger partial charge on any atom is 0.0116 e. The van der Waals surface area contributed by atoms with Gasteiger partial charge in [-0.3, -0.25) is 0 Å². The summed E-state index contributed by atoms with van der Waals surface area (Å²) in [4.78, 5) is 1.48. The monoisotopic (exact) mass is 402 g/mol. The predicted octanol–water partition coefficient (Wildman–Crippen LogP) is 8.55. The van der Waals surface area contributed by atoms with Crippen LogP contribution >= 0.6 is 18.6 Å². The standard InChI is InChI=1S/C25H39PS/c1-5-13-22(14-6-1)26(23-15-7-2-8-16-23,24-17-9-3-10-18-24)21-27-25-19-11-4-12-20-25/h4,11-12,19-24H,1-3,5-10,13-18H2. The maximum absolute atomic E-state index is 2.95. The second kappa shape index (κ2) is 10.1. The van der Waals surface area contributed by atoms with Crippen LogP contribution in [0.4, 0.5) is 0 Å². The van der Waals surface area contributed by atoms with Gasteiger partial charge in [0.15, 0.2) is 0 Å². The van der Waals surface area contributed by atoms with Crippen molar-refractivity contribution >= 4 is 23.8 Å². The third kappa shape index (κ3) is 4.72. The van der Waals surface area contributed by atoms with E-state index in [0.29, 0.717) is 0 Å². The molecule has 0 heterocycles. The Balaban J connectivity index is 1.73. The highest BCUT2D eigenvalue weighted by Crippen LogP contribution is 2.69. The van der Waals surface area contributed by atoms with Crippen molar-refractivity contribution in [1.82, 2.24) is 0 Å². The molecule has 27 heavy (non-hydrogen) atoms. The molecule has 3 fully saturated rings. The Labute approximate surface area is 172 Å². The van der Waals surface area contributed by atoms with Crippen LogP contribution in [0.3, 0.4) is 0 Å². The van der Waals surface area contributed by atoms with Crippen molar-refractivity contribution in [2.45, 2.75) is 118 Å². The molecule has 0 saturated heterocycles. The summed E-state index contributed by atoms with van der Waals surface area (Å²) in [6.45, 7) is -1.05. The molecule has 0 aliphatic heterocycles. The van der Waals surface area contributed by atoms with E-state index in [9.17, 15) is 0 Å². The fourth-order valence-electron chi connectivity index (χ4n) is 6.39. The van der Waals surface area contributed by atoms with Crippen molar-refractivity contribution < 1.29 is 0 Å². The first-order chi connectivity index (χ1) is 13.4. The zero-order valence-corrected chi connectivity index (χ0v) is 18.9. The minimum atomic E-state index is -1.05. The van der Waals surface area contributed by atoms with Gasteiger partial charge in [-0.15, -0.1) is 0 Å². The molecule has 3 saturated carbocycles. The van der Waals surface area contributed by atoms with Crippen molar-refractivity contribution in [3.8, 4) is 0 Å². The Bertz CT molecular complexity index is 552. The summed E-state index contributed by atoms with van der Waals surface area (Å²) in [6.07, 6.45) is 22.8. The van der Waals surface area contributed by atoms with Gasteiger partial charge in [0.05, 0.1) is 0 Å². The van der Waals surface area contributed by atoms with Crippen LogP contribution in [0, 0.1) is 0 Å². The second-order valence-corrected chi connectivity index (χ2v) is 14.8. The van der Waals surface area contributed by atoms with Crippen molar-refractivity contribution in [2.75, 3.05) is 0 Å². The van der Waals surface area contributed by atoms with Gasteiger partial charge in [0.1, 0.15) is 0 Å². The van der Waals surface area contributed by atoms with Crippen LogP contribution in [0.15, 0.2) is 35.2 Å². The van der Waals surface area contributed by atoms with Gasteiger partial charge in [0, 0.05) is 4.90 Å². The molecule has 4 rings (SSSR count). The summed E-state index contributed by atoms with van der Waals surface area (Å²) in [7, 11) is 0. The average molecular weight is 403 g/mol. The summed E-state index contributed by atoms with van der Waals surface area (Å²) < 4.78 is 0. The van der Waals surface area contributed by atoms with E-state index < -0.39 is 6.89 Å². The van der Waals surface area contributed by atoms with Crippen molar-refractivity contribution in [1.29, 1.82) is 0 Å². The molecule has 0 radical (unpaired) electrons. The van der Waals surface area contributed by atoms with E-state index >= 15 is 0 Å². The first kappa shape index (κ1) is 20.2. The Morgan fingerprint density at radius 2 is 1.00 bits per heavy atom. The largest absolute Gasteiger partial charge is 0.0979 e. The second-order valence-electron chi connectivity index (χ2n) is 9.31. The molecule has 0 bridgehead atoms. The molecule has 0 atom stereocenters. The molecule has 2 heteroatoms. The first-order valence-corrected chi connectivity index (χ1v) is 14.8. The Morgan fingerprint density at radius 1 is 0.593 bits per heavy atom. The minimum absolute atomic E-state index is 1.05. The lowest BCUT2D eigenvalue weighted by Gasteiger charge is -2.50. The Morgan fingerprint density at radius 3 is 1.41 bits per heavy atom. The van der Waals surface area contributed by atoms with Crippen LogP contribution in [0.1, 0.15) is 96.3 Å². The molecule has 0 amide bonds. The molecular formula is C25H39PS. The van der Waals surface area contributed by atoms with E-state index in [1.807, 2.05) is 0 Å². The van der Waals surface area contributed by atoms with Crippen molar-refractivity contribution in [2.24, 2.45) is 0 Å². The van der Waals surface area contributed by atoms with E-state index in [-0.39, 0.29) is 0 Å². The summed E-state index contributed by atoms with van der Waals surface area (Å²) in [5.41, 5.74) is 3.19. The van der Waals surface area contributed by atoms with Crippen LogP contribution in [-0.4, -0.2) is 22.1 Å². The number of hydrogen-bond acceptors (Lipinski definition) is 1. The van der Waals surface area contributed by atoms with Crippen LogP contribution in [0.2, 0.25) is 0 Å². The molecule has 0 N–H and O–H groups in total. The van der Waals surface area contributed by atoms with Crippen LogP contribution in [-0.2, 0) is 0 Å². The summed E-state index contributed by atoms with van der Waals surface area (Å²) in [5, 5.41) is 2.95. The lowest BCUT2D eigenvalue weighted by molar-refractivity contribution is 0.458. The summed E-state index contributed by atoms with van der Waals surface area (Å²) >= 11 is 2.13. The SMILES string of the molecule is C(Sc1ccccc1)=P(C1CCCCC1)(C1CCCCC1)C1CCCCC1. The molecule has 0 nitrogen and oxygen atoms in total. The van der Waals surface area contributed by atoms with Crippen molar-refractivity contribution in [3.05, 3.63) is 30.3 Å². The molecule has 1 aromatic carbocycles. The van der Waals surface area contributed by atoms with Gasteiger partial charge >= 0.3 is 0 Å².